The van der Waals surface area contributed by atoms with Gasteiger partial charge in [-0.15, -0.1) is 10.2 Å². The minimum absolute atomic E-state index is 0.308. The first-order chi connectivity index (χ1) is 15.4. The van der Waals surface area contributed by atoms with Crippen LogP contribution in [-0.2, 0) is 0 Å². The van der Waals surface area contributed by atoms with Gasteiger partial charge in [0.1, 0.15) is 0 Å². The second-order valence-electron chi connectivity index (χ2n) is 8.60. The van der Waals surface area contributed by atoms with E-state index in [2.05, 4.69) is 57.3 Å². The molecule has 31 heavy (non-hydrogen) atoms. The van der Waals surface area contributed by atoms with Gasteiger partial charge in [-0.3, -0.25) is 4.57 Å². The molecule has 1 atom stereocenters. The lowest BCUT2D eigenvalue weighted by molar-refractivity contribution is 0.392. The molecule has 0 amide bonds. The maximum Gasteiger partial charge on any atom is 0.206 e. The van der Waals surface area contributed by atoms with Gasteiger partial charge in [0, 0.05) is 11.4 Å². The molecule has 0 spiro atoms. The van der Waals surface area contributed by atoms with E-state index in [-0.39, 0.29) is 0 Å². The van der Waals surface area contributed by atoms with Gasteiger partial charge < -0.3 is 5.32 Å². The Kier molecular flexibility index (Phi) is 11.9. The Bertz CT molecular complexity index is 714. The van der Waals surface area contributed by atoms with Gasteiger partial charge in [-0.05, 0) is 48.7 Å². The van der Waals surface area contributed by atoms with Crippen LogP contribution in [0.25, 0.3) is 5.69 Å². The quantitative estimate of drug-likeness (QED) is 0.217. The molecule has 3 rings (SSSR count). The fourth-order valence-electron chi connectivity index (χ4n) is 4.20. The number of nitrogens with zero attached hydrogens (tertiary/aromatic N) is 3. The summed E-state index contributed by atoms with van der Waals surface area (Å²) in [6.07, 6.45) is 17.6. The number of para-hydroxylation sites is 1. The molecule has 1 aromatic heterocycles. The molecular weight excluding hydrogens is 420 g/mol. The normalized spacial score (nSPS) is 16.6. The third kappa shape index (κ3) is 8.47. The second kappa shape index (κ2) is 15.0. The van der Waals surface area contributed by atoms with Gasteiger partial charge in [0.2, 0.25) is 5.16 Å². The molecule has 1 fully saturated rings. The molecule has 6 heteroatoms. The van der Waals surface area contributed by atoms with Crippen molar-refractivity contribution >= 4 is 21.6 Å². The molecular formula is C25H40N4S2. The highest BCUT2D eigenvalue weighted by Crippen LogP contribution is 2.35. The van der Waals surface area contributed by atoms with Crippen LogP contribution in [0.3, 0.4) is 0 Å². The van der Waals surface area contributed by atoms with E-state index in [9.17, 15) is 0 Å². The first-order valence-corrected chi connectivity index (χ1v) is 14.8. The minimum atomic E-state index is 0.308. The summed E-state index contributed by atoms with van der Waals surface area (Å²) in [4.78, 5) is 0. The maximum absolute atomic E-state index is 4.61. The summed E-state index contributed by atoms with van der Waals surface area (Å²) in [6, 6.07) is 10.9. The van der Waals surface area contributed by atoms with Gasteiger partial charge in [-0.1, -0.05) is 100 Å². The molecule has 1 aliphatic rings. The standard InChI is InChI=1S/C25H40N4S2/c1-2-3-4-5-6-7-8-9-10-16-21-30-31-25-28-27-24(23-19-14-15-20-26-23)29(25)22-17-12-11-13-18-22/h11-13,17-18,23,26H,2-10,14-16,19-21H2,1H3. The lowest BCUT2D eigenvalue weighted by Gasteiger charge is -2.23. The molecule has 0 bridgehead atoms. The summed E-state index contributed by atoms with van der Waals surface area (Å²) in [6.45, 7) is 3.36. The molecule has 1 unspecified atom stereocenters. The molecule has 0 radical (unpaired) electrons. The van der Waals surface area contributed by atoms with Crippen LogP contribution in [0.1, 0.15) is 102 Å². The average molecular weight is 461 g/mol. The van der Waals surface area contributed by atoms with E-state index < -0.39 is 0 Å². The topological polar surface area (TPSA) is 42.7 Å². The molecule has 2 aromatic rings. The molecule has 0 aliphatic carbocycles. The second-order valence-corrected chi connectivity index (χ2v) is 11.0. The number of unbranched alkanes of at least 4 members (excludes halogenated alkanes) is 9. The summed E-state index contributed by atoms with van der Waals surface area (Å²) in [7, 11) is 3.71. The van der Waals surface area contributed by atoms with Crippen molar-refractivity contribution in [2.75, 3.05) is 12.3 Å². The zero-order chi connectivity index (χ0) is 21.6. The van der Waals surface area contributed by atoms with Crippen LogP contribution >= 0.6 is 21.6 Å². The number of rotatable bonds is 15. The van der Waals surface area contributed by atoms with Crippen LogP contribution in [0.15, 0.2) is 35.5 Å². The largest absolute Gasteiger partial charge is 0.307 e. The van der Waals surface area contributed by atoms with Crippen molar-refractivity contribution in [3.8, 4) is 5.69 Å². The van der Waals surface area contributed by atoms with Crippen molar-refractivity contribution in [1.82, 2.24) is 20.1 Å². The fourth-order valence-corrected chi connectivity index (χ4v) is 6.30. The Hall–Kier alpha value is -0.980. The molecule has 1 saturated heterocycles. The van der Waals surface area contributed by atoms with Crippen LogP contribution in [0, 0.1) is 0 Å². The predicted molar refractivity (Wildman–Crippen MR) is 136 cm³/mol. The first kappa shape index (κ1) is 24.7. The van der Waals surface area contributed by atoms with Gasteiger partial charge in [-0.25, -0.2) is 0 Å². The first-order valence-electron chi connectivity index (χ1n) is 12.4. The smallest absolute Gasteiger partial charge is 0.206 e. The van der Waals surface area contributed by atoms with Gasteiger partial charge in [0.25, 0.3) is 0 Å². The van der Waals surface area contributed by atoms with Crippen molar-refractivity contribution in [2.45, 2.75) is 102 Å². The Labute approximate surface area is 197 Å². The third-order valence-corrected chi connectivity index (χ3v) is 8.30. The summed E-state index contributed by atoms with van der Waals surface area (Å²) in [5.74, 6) is 2.24. The van der Waals surface area contributed by atoms with Gasteiger partial charge in [-0.2, -0.15) is 0 Å². The molecule has 1 N–H and O–H groups in total. The summed E-state index contributed by atoms with van der Waals surface area (Å²) in [5, 5.41) is 13.8. The Morgan fingerprint density at radius 2 is 1.61 bits per heavy atom. The fraction of sp³-hybridized carbons (Fsp3) is 0.680. The van der Waals surface area contributed by atoms with E-state index in [1.807, 2.05) is 10.8 Å². The van der Waals surface area contributed by atoms with Crippen LogP contribution < -0.4 is 5.32 Å². The minimum Gasteiger partial charge on any atom is -0.307 e. The van der Waals surface area contributed by atoms with E-state index in [1.54, 1.807) is 10.8 Å². The van der Waals surface area contributed by atoms with E-state index in [0.29, 0.717) is 6.04 Å². The Balaban J connectivity index is 1.40. The zero-order valence-electron chi connectivity index (χ0n) is 19.2. The van der Waals surface area contributed by atoms with Crippen molar-refractivity contribution in [3.63, 3.8) is 0 Å². The number of aromatic nitrogens is 3. The summed E-state index contributed by atoms with van der Waals surface area (Å²) >= 11 is 0. The molecule has 1 aliphatic heterocycles. The SMILES string of the molecule is CCCCCCCCCCCCSSc1nnc(C2CCCCN2)n1-c1ccccc1. The summed E-state index contributed by atoms with van der Waals surface area (Å²) in [5.41, 5.74) is 1.16. The molecule has 1 aromatic carbocycles. The number of benzene rings is 1. The Morgan fingerprint density at radius 3 is 2.29 bits per heavy atom. The maximum atomic E-state index is 4.61. The Morgan fingerprint density at radius 1 is 0.903 bits per heavy atom. The zero-order valence-corrected chi connectivity index (χ0v) is 20.9. The van der Waals surface area contributed by atoms with Crippen molar-refractivity contribution in [3.05, 3.63) is 36.2 Å². The lowest BCUT2D eigenvalue weighted by atomic mass is 10.0. The molecule has 4 nitrogen and oxygen atoms in total. The molecule has 2 heterocycles. The number of hydrogen-bond acceptors (Lipinski definition) is 5. The number of nitrogens with one attached hydrogen (secondary N) is 1. The number of hydrogen-bond donors (Lipinski definition) is 1. The van der Waals surface area contributed by atoms with E-state index in [4.69, 9.17) is 0 Å². The highest BCUT2D eigenvalue weighted by molar-refractivity contribution is 8.76. The van der Waals surface area contributed by atoms with Gasteiger partial charge in [0.15, 0.2) is 5.82 Å². The molecule has 172 valence electrons. The monoisotopic (exact) mass is 460 g/mol. The highest BCUT2D eigenvalue weighted by Gasteiger charge is 2.24. The van der Waals surface area contributed by atoms with Crippen LogP contribution in [0.2, 0.25) is 0 Å². The van der Waals surface area contributed by atoms with E-state index in [1.165, 1.54) is 82.8 Å². The molecule has 0 saturated carbocycles. The third-order valence-electron chi connectivity index (χ3n) is 6.01. The van der Waals surface area contributed by atoms with E-state index in [0.717, 1.165) is 29.6 Å². The van der Waals surface area contributed by atoms with Crippen LogP contribution in [-0.4, -0.2) is 27.1 Å². The van der Waals surface area contributed by atoms with Crippen LogP contribution in [0.4, 0.5) is 0 Å². The highest BCUT2D eigenvalue weighted by atomic mass is 33.1. The lowest BCUT2D eigenvalue weighted by Crippen LogP contribution is -2.29. The van der Waals surface area contributed by atoms with Crippen molar-refractivity contribution < 1.29 is 0 Å². The number of piperidine rings is 1. The summed E-state index contributed by atoms with van der Waals surface area (Å²) < 4.78 is 2.26. The van der Waals surface area contributed by atoms with Gasteiger partial charge >= 0.3 is 0 Å². The van der Waals surface area contributed by atoms with Crippen molar-refractivity contribution in [2.24, 2.45) is 0 Å². The predicted octanol–water partition coefficient (Wildman–Crippen LogP) is 7.74. The van der Waals surface area contributed by atoms with Crippen molar-refractivity contribution in [1.29, 1.82) is 0 Å². The van der Waals surface area contributed by atoms with Crippen LogP contribution in [0.5, 0.6) is 0 Å². The van der Waals surface area contributed by atoms with E-state index >= 15 is 0 Å². The average Bonchev–Trinajstić information content (AvgIpc) is 3.25. The van der Waals surface area contributed by atoms with Gasteiger partial charge in [0.05, 0.1) is 6.04 Å².